The lowest BCUT2D eigenvalue weighted by Gasteiger charge is -2.40. The third-order valence-electron chi connectivity index (χ3n) is 5.67. The third kappa shape index (κ3) is 3.36. The van der Waals surface area contributed by atoms with Gasteiger partial charge in [-0.1, -0.05) is 18.2 Å². The van der Waals surface area contributed by atoms with Crippen molar-refractivity contribution in [2.45, 2.75) is 31.6 Å². The lowest BCUT2D eigenvalue weighted by molar-refractivity contribution is 0.191. The molecule has 0 bridgehead atoms. The Morgan fingerprint density at radius 2 is 1.96 bits per heavy atom. The quantitative estimate of drug-likeness (QED) is 0.678. The zero-order valence-electron chi connectivity index (χ0n) is 13.5. The van der Waals surface area contributed by atoms with E-state index in [9.17, 15) is 4.39 Å². The van der Waals surface area contributed by atoms with E-state index in [0.717, 1.165) is 11.8 Å². The second kappa shape index (κ2) is 6.74. The van der Waals surface area contributed by atoms with Gasteiger partial charge in [-0.05, 0) is 79.1 Å². The van der Waals surface area contributed by atoms with Crippen molar-refractivity contribution in [3.05, 3.63) is 58.0 Å². The Bertz CT molecular complexity index is 622. The number of rotatable bonds is 6. The normalized spacial score (nSPS) is 26.9. The van der Waals surface area contributed by atoms with Gasteiger partial charge in [0, 0.05) is 18.0 Å². The molecule has 1 saturated heterocycles. The predicted molar refractivity (Wildman–Crippen MR) is 94.4 cm³/mol. The molecular formula is C20H24FNS. The summed E-state index contributed by atoms with van der Waals surface area (Å²) < 4.78 is 13.1. The molecule has 2 aromatic rings. The molecule has 2 aliphatic rings. The summed E-state index contributed by atoms with van der Waals surface area (Å²) in [7, 11) is 0. The monoisotopic (exact) mass is 329 g/mol. The van der Waals surface area contributed by atoms with Crippen LogP contribution in [0.15, 0.2) is 41.8 Å². The predicted octanol–water partition coefficient (Wildman–Crippen LogP) is 4.95. The van der Waals surface area contributed by atoms with Crippen LogP contribution in [0.5, 0.6) is 0 Å². The van der Waals surface area contributed by atoms with Crippen LogP contribution in [0.3, 0.4) is 0 Å². The van der Waals surface area contributed by atoms with Crippen molar-refractivity contribution in [2.75, 3.05) is 19.6 Å². The highest BCUT2D eigenvalue weighted by Gasteiger charge is 2.46. The zero-order valence-corrected chi connectivity index (χ0v) is 14.3. The van der Waals surface area contributed by atoms with Gasteiger partial charge in [-0.25, -0.2) is 4.39 Å². The summed E-state index contributed by atoms with van der Waals surface area (Å²) in [6, 6.07) is 11.6. The first-order valence-electron chi connectivity index (χ1n) is 8.80. The topological polar surface area (TPSA) is 3.24 Å². The molecule has 2 fully saturated rings. The number of aryl methyl sites for hydroxylation is 1. The van der Waals surface area contributed by atoms with Crippen LogP contribution in [0, 0.1) is 17.7 Å². The Labute approximate surface area is 142 Å². The van der Waals surface area contributed by atoms with E-state index < -0.39 is 0 Å². The van der Waals surface area contributed by atoms with Crippen LogP contribution < -0.4 is 0 Å². The van der Waals surface area contributed by atoms with E-state index >= 15 is 0 Å². The highest BCUT2D eigenvalue weighted by atomic mass is 32.1. The third-order valence-corrected chi connectivity index (χ3v) is 6.60. The molecule has 23 heavy (non-hydrogen) atoms. The highest BCUT2D eigenvalue weighted by Crippen LogP contribution is 2.51. The van der Waals surface area contributed by atoms with Gasteiger partial charge < -0.3 is 4.90 Å². The average Bonchev–Trinajstić information content (AvgIpc) is 3.16. The van der Waals surface area contributed by atoms with Gasteiger partial charge in [-0.3, -0.25) is 0 Å². The molecule has 0 amide bonds. The fourth-order valence-corrected chi connectivity index (χ4v) is 5.12. The molecule has 0 radical (unpaired) electrons. The standard InChI is InChI=1S/C20H24FNS/c21-17-8-6-15(7-9-17)19-12-16-13-22(14-20(16)19)10-2-1-4-18-5-3-11-23-18/h3,5-9,11,16,19-20H,1-2,4,10,12-14H2. The maximum absolute atomic E-state index is 13.1. The summed E-state index contributed by atoms with van der Waals surface area (Å²) in [5, 5.41) is 2.17. The van der Waals surface area contributed by atoms with Crippen molar-refractivity contribution in [1.82, 2.24) is 4.90 Å². The fourth-order valence-electron chi connectivity index (χ4n) is 4.36. The van der Waals surface area contributed by atoms with Crippen LogP contribution in [-0.4, -0.2) is 24.5 Å². The van der Waals surface area contributed by atoms with Crippen molar-refractivity contribution in [3.63, 3.8) is 0 Å². The maximum Gasteiger partial charge on any atom is 0.123 e. The smallest absolute Gasteiger partial charge is 0.123 e. The number of unbranched alkanes of at least 4 members (excludes halogenated alkanes) is 1. The van der Waals surface area contributed by atoms with Gasteiger partial charge in [-0.2, -0.15) is 0 Å². The van der Waals surface area contributed by atoms with Gasteiger partial charge >= 0.3 is 0 Å². The van der Waals surface area contributed by atoms with Crippen LogP contribution in [0.25, 0.3) is 0 Å². The van der Waals surface area contributed by atoms with E-state index in [1.54, 1.807) is 12.1 Å². The van der Waals surface area contributed by atoms with Crippen molar-refractivity contribution in [1.29, 1.82) is 0 Å². The second-order valence-electron chi connectivity index (χ2n) is 7.11. The SMILES string of the molecule is Fc1ccc(C2CC3CN(CCCCc4cccs4)CC32)cc1. The summed E-state index contributed by atoms with van der Waals surface area (Å²) in [4.78, 5) is 4.18. The number of likely N-dealkylation sites (tertiary alicyclic amines) is 1. The Kier molecular flexibility index (Phi) is 4.50. The number of hydrogen-bond donors (Lipinski definition) is 0. The van der Waals surface area contributed by atoms with Crippen molar-refractivity contribution in [3.8, 4) is 0 Å². The van der Waals surface area contributed by atoms with Gasteiger partial charge in [0.15, 0.2) is 0 Å². The number of halogens is 1. The molecule has 1 saturated carbocycles. The van der Waals surface area contributed by atoms with E-state index in [2.05, 4.69) is 22.4 Å². The van der Waals surface area contributed by atoms with E-state index in [1.807, 2.05) is 23.5 Å². The van der Waals surface area contributed by atoms with Crippen molar-refractivity contribution >= 4 is 11.3 Å². The Balaban J connectivity index is 1.23. The van der Waals surface area contributed by atoms with Crippen LogP contribution in [-0.2, 0) is 6.42 Å². The molecule has 1 aromatic heterocycles. The number of benzene rings is 1. The van der Waals surface area contributed by atoms with E-state index in [1.165, 1.54) is 55.8 Å². The van der Waals surface area contributed by atoms with E-state index in [-0.39, 0.29) is 5.82 Å². The molecule has 4 rings (SSSR count). The molecule has 0 N–H and O–H groups in total. The van der Waals surface area contributed by atoms with E-state index in [4.69, 9.17) is 0 Å². The van der Waals surface area contributed by atoms with Crippen LogP contribution >= 0.6 is 11.3 Å². The Morgan fingerprint density at radius 3 is 2.74 bits per heavy atom. The second-order valence-corrected chi connectivity index (χ2v) is 8.15. The first-order valence-corrected chi connectivity index (χ1v) is 9.68. The number of fused-ring (bicyclic) bond motifs is 1. The number of hydrogen-bond acceptors (Lipinski definition) is 2. The van der Waals surface area contributed by atoms with Gasteiger partial charge in [0.2, 0.25) is 0 Å². The largest absolute Gasteiger partial charge is 0.303 e. The fraction of sp³-hybridized carbons (Fsp3) is 0.500. The van der Waals surface area contributed by atoms with Gasteiger partial charge in [0.1, 0.15) is 5.82 Å². The Hall–Kier alpha value is -1.19. The molecule has 3 heteroatoms. The first kappa shape index (κ1) is 15.3. The van der Waals surface area contributed by atoms with Gasteiger partial charge in [-0.15, -0.1) is 11.3 Å². The molecule has 1 aromatic carbocycles. The minimum atomic E-state index is -0.122. The molecule has 3 unspecified atom stereocenters. The minimum Gasteiger partial charge on any atom is -0.303 e. The number of nitrogens with zero attached hydrogens (tertiary/aromatic N) is 1. The molecule has 0 spiro atoms. The van der Waals surface area contributed by atoms with Crippen LogP contribution in [0.1, 0.15) is 35.6 Å². The van der Waals surface area contributed by atoms with Crippen molar-refractivity contribution in [2.24, 2.45) is 11.8 Å². The van der Waals surface area contributed by atoms with Gasteiger partial charge in [0.05, 0.1) is 0 Å². The molecular weight excluding hydrogens is 305 g/mol. The molecule has 1 aliphatic carbocycles. The Morgan fingerprint density at radius 1 is 1.09 bits per heavy atom. The van der Waals surface area contributed by atoms with Crippen LogP contribution in [0.2, 0.25) is 0 Å². The summed E-state index contributed by atoms with van der Waals surface area (Å²) in [5.41, 5.74) is 1.34. The molecule has 1 nitrogen and oxygen atoms in total. The summed E-state index contributed by atoms with van der Waals surface area (Å²) in [6.45, 7) is 3.77. The maximum atomic E-state index is 13.1. The molecule has 3 atom stereocenters. The average molecular weight is 329 g/mol. The van der Waals surface area contributed by atoms with Crippen molar-refractivity contribution < 1.29 is 4.39 Å². The summed E-state index contributed by atoms with van der Waals surface area (Å²) in [5.74, 6) is 2.22. The molecule has 2 heterocycles. The number of thiophene rings is 1. The minimum absolute atomic E-state index is 0.122. The lowest BCUT2D eigenvalue weighted by atomic mass is 9.64. The zero-order chi connectivity index (χ0) is 15.6. The van der Waals surface area contributed by atoms with Crippen LogP contribution in [0.4, 0.5) is 4.39 Å². The van der Waals surface area contributed by atoms with Gasteiger partial charge in [0.25, 0.3) is 0 Å². The first-order chi connectivity index (χ1) is 11.3. The highest BCUT2D eigenvalue weighted by molar-refractivity contribution is 7.09. The molecule has 1 aliphatic heterocycles. The van der Waals surface area contributed by atoms with E-state index in [0.29, 0.717) is 5.92 Å². The summed E-state index contributed by atoms with van der Waals surface area (Å²) in [6.07, 6.45) is 5.13. The molecule has 122 valence electrons. The summed E-state index contributed by atoms with van der Waals surface area (Å²) >= 11 is 1.87. The lowest BCUT2D eigenvalue weighted by Crippen LogP contribution is -2.33.